The number of methoxy groups -OCH3 is 1. The summed E-state index contributed by atoms with van der Waals surface area (Å²) in [6.07, 6.45) is -4.61. The molecule has 0 bridgehead atoms. The first-order valence-corrected chi connectivity index (χ1v) is 7.63. The molecule has 1 aromatic heterocycles. The number of hydrogen-bond acceptors (Lipinski definition) is 6. The third-order valence-corrected chi connectivity index (χ3v) is 3.66. The molecule has 0 aliphatic carbocycles. The molecule has 0 spiro atoms. The van der Waals surface area contributed by atoms with Gasteiger partial charge in [-0.2, -0.15) is 18.2 Å². The number of hydrogen-bond donors (Lipinski definition) is 0. The SMILES string of the molecule is COC(=O)C(C)(C)CC(=O)Cc1ccc(-c2noc(C(F)(F)F)n2)cc1. The van der Waals surface area contributed by atoms with E-state index >= 15 is 0 Å². The van der Waals surface area contributed by atoms with E-state index in [1.54, 1.807) is 26.0 Å². The molecule has 0 atom stereocenters. The fourth-order valence-corrected chi connectivity index (χ4v) is 2.36. The van der Waals surface area contributed by atoms with Crippen molar-refractivity contribution in [2.24, 2.45) is 5.41 Å². The van der Waals surface area contributed by atoms with E-state index in [9.17, 15) is 22.8 Å². The zero-order valence-electron chi connectivity index (χ0n) is 14.4. The van der Waals surface area contributed by atoms with Gasteiger partial charge in [-0.3, -0.25) is 9.59 Å². The molecule has 0 aliphatic rings. The summed E-state index contributed by atoms with van der Waals surface area (Å²) in [5.74, 6) is -2.25. The number of Topliss-reactive ketones (excluding diaryl/α,β-unsaturated/α-hetero) is 1. The number of nitrogens with zero attached hydrogens (tertiary/aromatic N) is 2. The van der Waals surface area contributed by atoms with Crippen LogP contribution in [0.3, 0.4) is 0 Å². The molecular weight excluding hydrogens is 353 g/mol. The lowest BCUT2D eigenvalue weighted by atomic mass is 9.86. The Morgan fingerprint density at radius 2 is 1.77 bits per heavy atom. The van der Waals surface area contributed by atoms with Crippen LogP contribution in [0.25, 0.3) is 11.4 Å². The van der Waals surface area contributed by atoms with Crippen molar-refractivity contribution >= 4 is 11.8 Å². The molecule has 0 unspecified atom stereocenters. The maximum absolute atomic E-state index is 12.5. The van der Waals surface area contributed by atoms with Gasteiger partial charge in [-0.15, -0.1) is 0 Å². The Bertz CT molecular complexity index is 795. The van der Waals surface area contributed by atoms with E-state index in [0.29, 0.717) is 11.1 Å². The van der Waals surface area contributed by atoms with Crippen LogP contribution < -0.4 is 0 Å². The first-order chi connectivity index (χ1) is 12.0. The first-order valence-electron chi connectivity index (χ1n) is 7.63. The van der Waals surface area contributed by atoms with Crippen LogP contribution in [0, 0.1) is 5.41 Å². The second-order valence-electron chi connectivity index (χ2n) is 6.39. The third-order valence-electron chi connectivity index (χ3n) is 3.66. The normalized spacial score (nSPS) is 12.1. The first kappa shape index (κ1) is 19.6. The van der Waals surface area contributed by atoms with Crippen LogP contribution >= 0.6 is 0 Å². The van der Waals surface area contributed by atoms with Crippen molar-refractivity contribution < 1.29 is 32.0 Å². The van der Waals surface area contributed by atoms with Crippen LogP contribution in [0.4, 0.5) is 13.2 Å². The molecule has 1 aromatic carbocycles. The van der Waals surface area contributed by atoms with Crippen LogP contribution in [-0.4, -0.2) is 29.0 Å². The number of aromatic nitrogens is 2. The van der Waals surface area contributed by atoms with E-state index in [1.165, 1.54) is 19.2 Å². The average molecular weight is 370 g/mol. The summed E-state index contributed by atoms with van der Waals surface area (Å²) in [5, 5.41) is 3.30. The van der Waals surface area contributed by atoms with Gasteiger partial charge >= 0.3 is 18.0 Å². The number of ketones is 1. The van der Waals surface area contributed by atoms with E-state index in [-0.39, 0.29) is 24.4 Å². The average Bonchev–Trinajstić information content (AvgIpc) is 3.04. The standard InChI is InChI=1S/C17H17F3N2O4/c1-16(2,15(24)25-3)9-12(23)8-10-4-6-11(7-5-10)13-21-14(26-22-13)17(18,19)20/h4-7H,8-9H2,1-3H3. The lowest BCUT2D eigenvalue weighted by Gasteiger charge is -2.20. The van der Waals surface area contributed by atoms with E-state index < -0.39 is 23.5 Å². The largest absolute Gasteiger partial charge is 0.471 e. The molecule has 0 N–H and O–H groups in total. The number of carbonyl (C=O) groups excluding carboxylic acids is 2. The second kappa shape index (κ2) is 7.27. The summed E-state index contributed by atoms with van der Waals surface area (Å²) in [4.78, 5) is 27.1. The van der Waals surface area contributed by atoms with E-state index in [1.807, 2.05) is 0 Å². The molecule has 0 saturated heterocycles. The molecule has 140 valence electrons. The maximum atomic E-state index is 12.5. The van der Waals surface area contributed by atoms with Crippen LogP contribution in [0.1, 0.15) is 31.7 Å². The van der Waals surface area contributed by atoms with Gasteiger partial charge in [0.2, 0.25) is 5.82 Å². The van der Waals surface area contributed by atoms with Gasteiger partial charge in [0.25, 0.3) is 0 Å². The monoisotopic (exact) mass is 370 g/mol. The van der Waals surface area contributed by atoms with Crippen molar-refractivity contribution in [3.63, 3.8) is 0 Å². The van der Waals surface area contributed by atoms with Crippen LogP contribution in [0.2, 0.25) is 0 Å². The quantitative estimate of drug-likeness (QED) is 0.725. The summed E-state index contributed by atoms with van der Waals surface area (Å²) < 4.78 is 46.3. The second-order valence-corrected chi connectivity index (χ2v) is 6.39. The maximum Gasteiger partial charge on any atom is 0.471 e. The molecule has 2 aromatic rings. The minimum Gasteiger partial charge on any atom is -0.469 e. The summed E-state index contributed by atoms with van der Waals surface area (Å²) >= 11 is 0. The number of alkyl halides is 3. The number of carbonyl (C=O) groups is 2. The van der Waals surface area contributed by atoms with Gasteiger partial charge in [0, 0.05) is 18.4 Å². The van der Waals surface area contributed by atoms with Crippen molar-refractivity contribution in [3.05, 3.63) is 35.7 Å². The molecule has 0 aliphatic heterocycles. The minimum absolute atomic E-state index is 0.0151. The van der Waals surface area contributed by atoms with E-state index in [0.717, 1.165) is 0 Å². The van der Waals surface area contributed by atoms with Crippen molar-refractivity contribution in [1.29, 1.82) is 0 Å². The van der Waals surface area contributed by atoms with Gasteiger partial charge in [0.15, 0.2) is 0 Å². The van der Waals surface area contributed by atoms with Crippen molar-refractivity contribution in [2.75, 3.05) is 7.11 Å². The molecule has 0 amide bonds. The molecule has 0 saturated carbocycles. The summed E-state index contributed by atoms with van der Waals surface area (Å²) in [5.41, 5.74) is 0.0546. The van der Waals surface area contributed by atoms with E-state index in [2.05, 4.69) is 19.4 Å². The van der Waals surface area contributed by atoms with Gasteiger partial charge in [-0.25, -0.2) is 0 Å². The topological polar surface area (TPSA) is 82.3 Å². The summed E-state index contributed by atoms with van der Waals surface area (Å²) in [6, 6.07) is 6.17. The molecule has 6 nitrogen and oxygen atoms in total. The Morgan fingerprint density at radius 1 is 1.15 bits per heavy atom. The highest BCUT2D eigenvalue weighted by atomic mass is 19.4. The molecule has 26 heavy (non-hydrogen) atoms. The third kappa shape index (κ3) is 4.68. The highest BCUT2D eigenvalue weighted by Gasteiger charge is 2.38. The predicted molar refractivity (Wildman–Crippen MR) is 83.9 cm³/mol. The molecular formula is C17H17F3N2O4. The number of halogens is 3. The van der Waals surface area contributed by atoms with Gasteiger partial charge in [0.05, 0.1) is 12.5 Å². The Labute approximate surface area is 147 Å². The predicted octanol–water partition coefficient (Wildman–Crippen LogP) is 3.46. The minimum atomic E-state index is -4.70. The van der Waals surface area contributed by atoms with Crippen molar-refractivity contribution in [2.45, 2.75) is 32.9 Å². The molecule has 0 radical (unpaired) electrons. The molecule has 0 fully saturated rings. The smallest absolute Gasteiger partial charge is 0.469 e. The van der Waals surface area contributed by atoms with Crippen LogP contribution in [0.5, 0.6) is 0 Å². The Morgan fingerprint density at radius 3 is 2.27 bits per heavy atom. The Hall–Kier alpha value is -2.71. The van der Waals surface area contributed by atoms with Crippen molar-refractivity contribution in [1.82, 2.24) is 10.1 Å². The Balaban J connectivity index is 2.05. The summed E-state index contributed by atoms with van der Waals surface area (Å²) in [6.45, 7) is 3.24. The van der Waals surface area contributed by atoms with Crippen molar-refractivity contribution in [3.8, 4) is 11.4 Å². The molecule has 1 heterocycles. The highest BCUT2D eigenvalue weighted by molar-refractivity contribution is 5.87. The zero-order chi connectivity index (χ0) is 19.5. The number of ether oxygens (including phenoxy) is 1. The Kier molecular flexibility index (Phi) is 5.48. The summed E-state index contributed by atoms with van der Waals surface area (Å²) in [7, 11) is 1.26. The molecule has 9 heteroatoms. The van der Waals surface area contributed by atoms with Crippen LogP contribution in [0.15, 0.2) is 28.8 Å². The zero-order valence-corrected chi connectivity index (χ0v) is 14.4. The van der Waals surface area contributed by atoms with Gasteiger partial charge in [-0.05, 0) is 19.4 Å². The lowest BCUT2D eigenvalue weighted by molar-refractivity contribution is -0.159. The van der Waals surface area contributed by atoms with Gasteiger partial charge in [-0.1, -0.05) is 29.4 Å². The fraction of sp³-hybridized carbons (Fsp3) is 0.412. The van der Waals surface area contributed by atoms with Crippen LogP contribution in [-0.2, 0) is 26.9 Å². The highest BCUT2D eigenvalue weighted by Crippen LogP contribution is 2.29. The number of benzene rings is 1. The van der Waals surface area contributed by atoms with Gasteiger partial charge < -0.3 is 9.26 Å². The number of esters is 1. The number of rotatable bonds is 6. The van der Waals surface area contributed by atoms with E-state index in [4.69, 9.17) is 0 Å². The van der Waals surface area contributed by atoms with Gasteiger partial charge in [0.1, 0.15) is 5.78 Å². The lowest BCUT2D eigenvalue weighted by Crippen LogP contribution is -2.29. The molecule has 2 rings (SSSR count). The fourth-order valence-electron chi connectivity index (χ4n) is 2.36.